The number of rotatable bonds is 6. The Labute approximate surface area is 187 Å². The quantitative estimate of drug-likeness (QED) is 0.735. The van der Waals surface area contributed by atoms with Crippen LogP contribution in [0.3, 0.4) is 0 Å². The Bertz CT molecular complexity index is 987. The summed E-state index contributed by atoms with van der Waals surface area (Å²) in [5.74, 6) is -0.454. The van der Waals surface area contributed by atoms with Crippen molar-refractivity contribution in [2.24, 2.45) is 5.92 Å². The monoisotopic (exact) mass is 444 g/mol. The normalized spacial score (nSPS) is 15.6. The van der Waals surface area contributed by atoms with E-state index in [0.717, 1.165) is 36.4 Å². The number of aryl methyl sites for hydroxylation is 1. The maximum Gasteiger partial charge on any atom is 0.259 e. The van der Waals surface area contributed by atoms with Crippen LogP contribution in [-0.2, 0) is 6.54 Å². The molecule has 1 unspecified atom stereocenters. The molecule has 31 heavy (non-hydrogen) atoms. The van der Waals surface area contributed by atoms with Gasteiger partial charge in [0, 0.05) is 37.4 Å². The van der Waals surface area contributed by atoms with Gasteiger partial charge in [-0.1, -0.05) is 26.7 Å². The molecule has 2 amide bonds. The van der Waals surface area contributed by atoms with Crippen LogP contribution >= 0.6 is 11.3 Å². The number of pyridine rings is 1. The summed E-state index contributed by atoms with van der Waals surface area (Å²) in [6.45, 7) is 9.78. The third kappa shape index (κ3) is 5.81. The van der Waals surface area contributed by atoms with Crippen molar-refractivity contribution in [1.82, 2.24) is 19.8 Å². The number of hydrogen-bond donors (Lipinski definition) is 1. The number of thiazole rings is 1. The first-order chi connectivity index (χ1) is 14.8. The predicted molar refractivity (Wildman–Crippen MR) is 123 cm³/mol. The molecule has 3 heterocycles. The van der Waals surface area contributed by atoms with Crippen LogP contribution in [0, 0.1) is 12.8 Å². The number of hydrogen-bond acceptors (Lipinski definition) is 5. The molecular formula is C23H32N4O3S. The van der Waals surface area contributed by atoms with E-state index in [0.29, 0.717) is 25.6 Å². The first-order valence-electron chi connectivity index (χ1n) is 11.0. The van der Waals surface area contributed by atoms with Crippen molar-refractivity contribution >= 4 is 23.2 Å². The number of nitrogens with one attached hydrogen (secondary N) is 1. The van der Waals surface area contributed by atoms with Gasteiger partial charge in [0.25, 0.3) is 11.8 Å². The molecule has 2 aromatic heterocycles. The molecule has 0 aromatic carbocycles. The third-order valence-electron chi connectivity index (χ3n) is 5.45. The van der Waals surface area contributed by atoms with E-state index < -0.39 is 11.3 Å². The highest BCUT2D eigenvalue weighted by molar-refractivity contribution is 7.09. The van der Waals surface area contributed by atoms with Crippen LogP contribution in [0.1, 0.15) is 83.9 Å². The molecule has 1 saturated heterocycles. The molecule has 0 aliphatic carbocycles. The standard InChI is InChI=1S/C23H32N4O3S/c1-15(2)11-26-12-18(22(29)24-16(3)20-14-31-17(4)25-20)21(28)19(13-26)23(30)27-9-7-5-6-8-10-27/h12-16H,5-11H2,1-4H3,(H,24,29). The second-order valence-electron chi connectivity index (χ2n) is 8.70. The molecule has 1 fully saturated rings. The van der Waals surface area contributed by atoms with E-state index >= 15 is 0 Å². The van der Waals surface area contributed by atoms with Gasteiger partial charge in [0.15, 0.2) is 0 Å². The van der Waals surface area contributed by atoms with E-state index in [4.69, 9.17) is 0 Å². The highest BCUT2D eigenvalue weighted by atomic mass is 32.1. The molecule has 1 N–H and O–H groups in total. The molecule has 0 radical (unpaired) electrons. The Kier molecular flexibility index (Phi) is 7.64. The molecule has 0 spiro atoms. The average Bonchev–Trinajstić information content (AvgIpc) is 2.98. The minimum atomic E-state index is -0.506. The van der Waals surface area contributed by atoms with Crippen LogP contribution in [0.2, 0.25) is 0 Å². The van der Waals surface area contributed by atoms with Gasteiger partial charge in [0.1, 0.15) is 11.1 Å². The van der Waals surface area contributed by atoms with E-state index in [1.54, 1.807) is 21.9 Å². The Hall–Kier alpha value is -2.48. The minimum absolute atomic E-state index is 0.000114. The van der Waals surface area contributed by atoms with E-state index in [2.05, 4.69) is 24.1 Å². The smallest absolute Gasteiger partial charge is 0.259 e. The highest BCUT2D eigenvalue weighted by Crippen LogP contribution is 2.17. The molecule has 2 aromatic rings. The van der Waals surface area contributed by atoms with Gasteiger partial charge in [-0.25, -0.2) is 4.98 Å². The van der Waals surface area contributed by atoms with Crippen LogP contribution in [0.15, 0.2) is 22.6 Å². The van der Waals surface area contributed by atoms with Gasteiger partial charge < -0.3 is 14.8 Å². The maximum atomic E-state index is 13.2. The largest absolute Gasteiger partial charge is 0.352 e. The summed E-state index contributed by atoms with van der Waals surface area (Å²) in [5.41, 5.74) is 0.330. The summed E-state index contributed by atoms with van der Waals surface area (Å²) in [5, 5.41) is 5.69. The van der Waals surface area contributed by atoms with E-state index in [-0.39, 0.29) is 23.1 Å². The van der Waals surface area contributed by atoms with Crippen LogP contribution in [0.4, 0.5) is 0 Å². The van der Waals surface area contributed by atoms with Crippen molar-refractivity contribution in [3.63, 3.8) is 0 Å². The summed E-state index contributed by atoms with van der Waals surface area (Å²) < 4.78 is 1.80. The van der Waals surface area contributed by atoms with Crippen LogP contribution in [-0.4, -0.2) is 39.4 Å². The van der Waals surface area contributed by atoms with Crippen molar-refractivity contribution < 1.29 is 9.59 Å². The fourth-order valence-corrected chi connectivity index (χ4v) is 4.55. The summed E-state index contributed by atoms with van der Waals surface area (Å²) in [7, 11) is 0. The second-order valence-corrected chi connectivity index (χ2v) is 9.76. The van der Waals surface area contributed by atoms with Crippen LogP contribution in [0.25, 0.3) is 0 Å². The number of carbonyl (C=O) groups excluding carboxylic acids is 2. The molecule has 0 bridgehead atoms. The Morgan fingerprint density at radius 3 is 2.32 bits per heavy atom. The molecular weight excluding hydrogens is 412 g/mol. The predicted octanol–water partition coefficient (Wildman–Crippen LogP) is 3.78. The number of nitrogens with zero attached hydrogens (tertiary/aromatic N) is 3. The van der Waals surface area contributed by atoms with Crippen molar-refractivity contribution in [2.45, 2.75) is 66.0 Å². The second kappa shape index (κ2) is 10.2. The number of likely N-dealkylation sites (tertiary alicyclic amines) is 1. The Balaban J connectivity index is 1.92. The molecule has 0 saturated carbocycles. The topological polar surface area (TPSA) is 84.3 Å². The van der Waals surface area contributed by atoms with Gasteiger partial charge in [-0.3, -0.25) is 14.4 Å². The molecule has 1 atom stereocenters. The highest BCUT2D eigenvalue weighted by Gasteiger charge is 2.25. The molecule has 7 nitrogen and oxygen atoms in total. The van der Waals surface area contributed by atoms with Crippen LogP contribution in [0.5, 0.6) is 0 Å². The lowest BCUT2D eigenvalue weighted by Gasteiger charge is -2.21. The zero-order valence-corrected chi connectivity index (χ0v) is 19.6. The fraction of sp³-hybridized carbons (Fsp3) is 0.565. The number of amides is 2. The fourth-order valence-electron chi connectivity index (χ4n) is 3.84. The van der Waals surface area contributed by atoms with E-state index in [1.165, 1.54) is 11.3 Å². The third-order valence-corrected chi connectivity index (χ3v) is 6.24. The van der Waals surface area contributed by atoms with Gasteiger partial charge in [0.2, 0.25) is 5.43 Å². The lowest BCUT2D eigenvalue weighted by atomic mass is 10.1. The SMILES string of the molecule is Cc1nc(C(C)NC(=O)c2cn(CC(C)C)cc(C(=O)N3CCCCCC3)c2=O)cs1. The number of carbonyl (C=O) groups is 2. The lowest BCUT2D eigenvalue weighted by Crippen LogP contribution is -2.39. The van der Waals surface area contributed by atoms with Gasteiger partial charge in [-0.2, -0.15) is 0 Å². The Morgan fingerprint density at radius 1 is 1.10 bits per heavy atom. The lowest BCUT2D eigenvalue weighted by molar-refractivity contribution is 0.0759. The van der Waals surface area contributed by atoms with E-state index in [1.807, 2.05) is 19.2 Å². The van der Waals surface area contributed by atoms with Crippen molar-refractivity contribution in [3.8, 4) is 0 Å². The molecule has 168 valence electrons. The van der Waals surface area contributed by atoms with Gasteiger partial charge in [0.05, 0.1) is 16.7 Å². The van der Waals surface area contributed by atoms with Crippen LogP contribution < -0.4 is 10.7 Å². The zero-order valence-electron chi connectivity index (χ0n) is 18.8. The van der Waals surface area contributed by atoms with Crippen molar-refractivity contribution in [1.29, 1.82) is 0 Å². The summed E-state index contributed by atoms with van der Waals surface area (Å²) in [6.07, 6.45) is 7.25. The zero-order chi connectivity index (χ0) is 22.5. The van der Waals surface area contributed by atoms with Gasteiger partial charge >= 0.3 is 0 Å². The van der Waals surface area contributed by atoms with Gasteiger partial charge in [-0.15, -0.1) is 11.3 Å². The minimum Gasteiger partial charge on any atom is -0.352 e. The average molecular weight is 445 g/mol. The first kappa shape index (κ1) is 23.2. The summed E-state index contributed by atoms with van der Waals surface area (Å²) in [4.78, 5) is 45.6. The summed E-state index contributed by atoms with van der Waals surface area (Å²) >= 11 is 1.51. The number of aromatic nitrogens is 2. The van der Waals surface area contributed by atoms with Gasteiger partial charge in [-0.05, 0) is 32.6 Å². The molecule has 1 aliphatic rings. The Morgan fingerprint density at radius 2 is 1.74 bits per heavy atom. The molecule has 1 aliphatic heterocycles. The van der Waals surface area contributed by atoms with E-state index in [9.17, 15) is 14.4 Å². The maximum absolute atomic E-state index is 13.2. The van der Waals surface area contributed by atoms with Crippen molar-refractivity contribution in [2.75, 3.05) is 13.1 Å². The summed E-state index contributed by atoms with van der Waals surface area (Å²) in [6, 6.07) is -0.333. The van der Waals surface area contributed by atoms with Crippen molar-refractivity contribution in [3.05, 3.63) is 49.8 Å². The molecule has 3 rings (SSSR count). The molecule has 8 heteroatoms. The first-order valence-corrected chi connectivity index (χ1v) is 11.9.